The zero-order chi connectivity index (χ0) is 9.26. The first-order chi connectivity index (χ1) is 6.25. The second kappa shape index (κ2) is 3.26. The molecule has 13 heavy (non-hydrogen) atoms. The van der Waals surface area contributed by atoms with E-state index in [1.807, 2.05) is 18.2 Å². The third kappa shape index (κ3) is 1.75. The molecule has 1 aliphatic rings. The van der Waals surface area contributed by atoms with Crippen LogP contribution >= 0.6 is 0 Å². The van der Waals surface area contributed by atoms with Crippen molar-refractivity contribution in [2.24, 2.45) is 0 Å². The van der Waals surface area contributed by atoms with Gasteiger partial charge in [-0.2, -0.15) is 0 Å². The van der Waals surface area contributed by atoms with Crippen molar-refractivity contribution in [1.29, 1.82) is 0 Å². The van der Waals surface area contributed by atoms with Gasteiger partial charge in [0.25, 0.3) is 0 Å². The summed E-state index contributed by atoms with van der Waals surface area (Å²) in [5.74, 6) is 1.56. The van der Waals surface area contributed by atoms with Gasteiger partial charge in [0.05, 0.1) is 6.10 Å². The smallest absolute Gasteiger partial charge is 0.231 e. The first-order valence-electron chi connectivity index (χ1n) is 4.32. The maximum Gasteiger partial charge on any atom is 0.231 e. The van der Waals surface area contributed by atoms with Gasteiger partial charge >= 0.3 is 0 Å². The Hall–Kier alpha value is -1.22. The molecule has 0 radical (unpaired) electrons. The molecule has 1 N–H and O–H groups in total. The van der Waals surface area contributed by atoms with Crippen molar-refractivity contribution in [3.8, 4) is 11.5 Å². The Kier molecular flexibility index (Phi) is 2.10. The summed E-state index contributed by atoms with van der Waals surface area (Å²) >= 11 is 0. The highest BCUT2D eigenvalue weighted by Gasteiger charge is 2.13. The van der Waals surface area contributed by atoms with Gasteiger partial charge in [-0.15, -0.1) is 0 Å². The Bertz CT molecular complexity index is 307. The molecule has 0 aromatic heterocycles. The van der Waals surface area contributed by atoms with E-state index in [-0.39, 0.29) is 6.10 Å². The minimum atomic E-state index is -0.319. The van der Waals surface area contributed by atoms with Gasteiger partial charge in [-0.25, -0.2) is 0 Å². The molecule has 0 fully saturated rings. The van der Waals surface area contributed by atoms with Crippen LogP contribution in [0.2, 0.25) is 0 Å². The van der Waals surface area contributed by atoms with Gasteiger partial charge in [0.1, 0.15) is 0 Å². The first kappa shape index (κ1) is 8.38. The van der Waals surface area contributed by atoms with Gasteiger partial charge in [-0.05, 0) is 31.0 Å². The molecule has 2 rings (SSSR count). The molecule has 1 heterocycles. The Morgan fingerprint density at radius 2 is 2.15 bits per heavy atom. The minimum absolute atomic E-state index is 0.299. The summed E-state index contributed by atoms with van der Waals surface area (Å²) in [6, 6.07) is 5.73. The van der Waals surface area contributed by atoms with Crippen LogP contribution in [0.5, 0.6) is 11.5 Å². The molecule has 0 saturated carbocycles. The van der Waals surface area contributed by atoms with Gasteiger partial charge in [0.15, 0.2) is 11.5 Å². The first-order valence-corrected chi connectivity index (χ1v) is 4.32. The number of benzene rings is 1. The van der Waals surface area contributed by atoms with Crippen LogP contribution in [-0.2, 0) is 6.42 Å². The minimum Gasteiger partial charge on any atom is -0.454 e. The van der Waals surface area contributed by atoms with Crippen molar-refractivity contribution < 1.29 is 14.6 Å². The molecule has 1 atom stereocenters. The predicted molar refractivity (Wildman–Crippen MR) is 47.9 cm³/mol. The lowest BCUT2D eigenvalue weighted by Crippen LogP contribution is -2.03. The van der Waals surface area contributed by atoms with E-state index in [1.54, 1.807) is 6.92 Å². The van der Waals surface area contributed by atoms with Crippen molar-refractivity contribution in [2.75, 3.05) is 6.79 Å². The number of hydrogen-bond acceptors (Lipinski definition) is 3. The lowest BCUT2D eigenvalue weighted by Gasteiger charge is -2.04. The highest BCUT2D eigenvalue weighted by atomic mass is 16.7. The summed E-state index contributed by atoms with van der Waals surface area (Å²) in [5, 5.41) is 9.18. The largest absolute Gasteiger partial charge is 0.454 e. The molecule has 0 aliphatic carbocycles. The highest BCUT2D eigenvalue weighted by Crippen LogP contribution is 2.32. The van der Waals surface area contributed by atoms with Crippen LogP contribution in [0.3, 0.4) is 0 Å². The Morgan fingerprint density at radius 1 is 1.38 bits per heavy atom. The molecule has 0 saturated heterocycles. The summed E-state index contributed by atoms with van der Waals surface area (Å²) in [4.78, 5) is 0. The van der Waals surface area contributed by atoms with Crippen molar-refractivity contribution in [3.63, 3.8) is 0 Å². The third-order valence-electron chi connectivity index (χ3n) is 1.97. The predicted octanol–water partition coefficient (Wildman–Crippen LogP) is 1.34. The molecule has 0 bridgehead atoms. The topological polar surface area (TPSA) is 38.7 Å². The molecule has 1 aromatic rings. The number of aliphatic hydroxyl groups excluding tert-OH is 1. The van der Waals surface area contributed by atoms with Crippen LogP contribution in [-0.4, -0.2) is 18.0 Å². The standard InChI is InChI=1S/C10H12O3/c1-7(11)4-8-2-3-9-10(5-8)13-6-12-9/h2-3,5,7,11H,4,6H2,1H3. The molecule has 1 aliphatic heterocycles. The second-order valence-electron chi connectivity index (χ2n) is 3.24. The average Bonchev–Trinajstić information content (AvgIpc) is 2.49. The Labute approximate surface area is 76.9 Å². The van der Waals surface area contributed by atoms with Gasteiger partial charge < -0.3 is 14.6 Å². The number of rotatable bonds is 2. The Balaban J connectivity index is 2.21. The Morgan fingerprint density at radius 3 is 2.92 bits per heavy atom. The van der Waals surface area contributed by atoms with Crippen LogP contribution in [0.15, 0.2) is 18.2 Å². The van der Waals surface area contributed by atoms with Crippen LogP contribution < -0.4 is 9.47 Å². The molecule has 70 valence electrons. The van der Waals surface area contributed by atoms with Crippen LogP contribution in [0.25, 0.3) is 0 Å². The zero-order valence-electron chi connectivity index (χ0n) is 7.49. The third-order valence-corrected chi connectivity index (χ3v) is 1.97. The number of fused-ring (bicyclic) bond motifs is 1. The number of hydrogen-bond donors (Lipinski definition) is 1. The zero-order valence-corrected chi connectivity index (χ0v) is 7.49. The summed E-state index contributed by atoms with van der Waals surface area (Å²) in [7, 11) is 0. The van der Waals surface area contributed by atoms with E-state index in [0.29, 0.717) is 13.2 Å². The molecule has 1 unspecified atom stereocenters. The van der Waals surface area contributed by atoms with E-state index in [1.165, 1.54) is 0 Å². The maximum absolute atomic E-state index is 9.18. The van der Waals surface area contributed by atoms with E-state index in [0.717, 1.165) is 17.1 Å². The summed E-state index contributed by atoms with van der Waals surface area (Å²) in [5.41, 5.74) is 1.07. The summed E-state index contributed by atoms with van der Waals surface area (Å²) in [6.07, 6.45) is 0.330. The SMILES string of the molecule is CC(O)Cc1ccc2c(c1)OCO2. The summed E-state index contributed by atoms with van der Waals surface area (Å²) < 4.78 is 10.4. The van der Waals surface area contributed by atoms with Crippen molar-refractivity contribution in [3.05, 3.63) is 23.8 Å². The van der Waals surface area contributed by atoms with Gasteiger partial charge in [-0.1, -0.05) is 6.07 Å². The van der Waals surface area contributed by atoms with Crippen LogP contribution in [0.1, 0.15) is 12.5 Å². The van der Waals surface area contributed by atoms with Gasteiger partial charge in [0, 0.05) is 0 Å². The highest BCUT2D eigenvalue weighted by molar-refractivity contribution is 5.44. The van der Waals surface area contributed by atoms with Gasteiger partial charge in [0.2, 0.25) is 6.79 Å². The fourth-order valence-electron chi connectivity index (χ4n) is 1.41. The van der Waals surface area contributed by atoms with E-state index in [4.69, 9.17) is 9.47 Å². The van der Waals surface area contributed by atoms with E-state index >= 15 is 0 Å². The molecular formula is C10H12O3. The average molecular weight is 180 g/mol. The molecule has 3 heteroatoms. The van der Waals surface area contributed by atoms with Crippen LogP contribution in [0, 0.1) is 0 Å². The molecule has 0 spiro atoms. The number of ether oxygens (including phenoxy) is 2. The fourth-order valence-corrected chi connectivity index (χ4v) is 1.41. The summed E-state index contributed by atoms with van der Waals surface area (Å²) in [6.45, 7) is 2.07. The van der Waals surface area contributed by atoms with E-state index in [2.05, 4.69) is 0 Å². The van der Waals surface area contributed by atoms with Crippen LogP contribution in [0.4, 0.5) is 0 Å². The van der Waals surface area contributed by atoms with E-state index < -0.39 is 0 Å². The lowest BCUT2D eigenvalue weighted by atomic mass is 10.1. The number of aliphatic hydroxyl groups is 1. The second-order valence-corrected chi connectivity index (χ2v) is 3.24. The van der Waals surface area contributed by atoms with E-state index in [9.17, 15) is 5.11 Å². The molecule has 3 nitrogen and oxygen atoms in total. The maximum atomic E-state index is 9.18. The van der Waals surface area contributed by atoms with Crippen molar-refractivity contribution in [2.45, 2.75) is 19.4 Å². The molecular weight excluding hydrogens is 168 g/mol. The fraction of sp³-hybridized carbons (Fsp3) is 0.400. The lowest BCUT2D eigenvalue weighted by molar-refractivity contribution is 0.174. The quantitative estimate of drug-likeness (QED) is 0.746. The van der Waals surface area contributed by atoms with Crippen molar-refractivity contribution in [1.82, 2.24) is 0 Å². The van der Waals surface area contributed by atoms with Gasteiger partial charge in [-0.3, -0.25) is 0 Å². The molecule has 0 amide bonds. The molecule has 1 aromatic carbocycles. The monoisotopic (exact) mass is 180 g/mol. The normalized spacial score (nSPS) is 15.8. The van der Waals surface area contributed by atoms with Crippen molar-refractivity contribution >= 4 is 0 Å².